The Kier molecular flexibility index (Phi) is 4.35. The van der Waals surface area contributed by atoms with Gasteiger partial charge in [0.25, 0.3) is 0 Å². The standard InChI is InChI=1S/C18H17ClN2O2/c1-12-4-2-3-5-16(12)20-18(23)13-10-17(22)21(11-13)15-8-6-14(19)7-9-15/h2-9,13H,10-11H2,1H3,(H,20,23)/t13-/m0/s1. The smallest absolute Gasteiger partial charge is 0.229 e. The number of hydrogen-bond acceptors (Lipinski definition) is 2. The van der Waals surface area contributed by atoms with Crippen LogP contribution < -0.4 is 10.2 Å². The number of anilines is 2. The highest BCUT2D eigenvalue weighted by Crippen LogP contribution is 2.27. The first kappa shape index (κ1) is 15.6. The molecular formula is C18H17ClN2O2. The normalized spacial score (nSPS) is 17.4. The second-order valence-electron chi connectivity index (χ2n) is 5.69. The molecule has 4 nitrogen and oxygen atoms in total. The summed E-state index contributed by atoms with van der Waals surface area (Å²) in [5.74, 6) is -0.515. The lowest BCUT2D eigenvalue weighted by Crippen LogP contribution is -2.28. The van der Waals surface area contributed by atoms with E-state index in [9.17, 15) is 9.59 Å². The van der Waals surface area contributed by atoms with Crippen molar-refractivity contribution in [1.29, 1.82) is 0 Å². The molecule has 1 aliphatic heterocycles. The van der Waals surface area contributed by atoms with E-state index in [2.05, 4.69) is 5.32 Å². The number of rotatable bonds is 3. The number of carbonyl (C=O) groups is 2. The third-order valence-electron chi connectivity index (χ3n) is 4.04. The molecule has 2 amide bonds. The Labute approximate surface area is 140 Å². The van der Waals surface area contributed by atoms with E-state index in [1.54, 1.807) is 29.2 Å². The molecule has 1 atom stereocenters. The van der Waals surface area contributed by atoms with E-state index in [4.69, 9.17) is 11.6 Å². The van der Waals surface area contributed by atoms with E-state index in [1.807, 2.05) is 31.2 Å². The molecule has 1 fully saturated rings. The van der Waals surface area contributed by atoms with Gasteiger partial charge in [0.15, 0.2) is 0 Å². The van der Waals surface area contributed by atoms with Crippen LogP contribution in [-0.4, -0.2) is 18.4 Å². The lowest BCUT2D eigenvalue weighted by molar-refractivity contribution is -0.122. The molecule has 118 valence electrons. The number of aryl methyl sites for hydroxylation is 1. The monoisotopic (exact) mass is 328 g/mol. The topological polar surface area (TPSA) is 49.4 Å². The van der Waals surface area contributed by atoms with Gasteiger partial charge in [-0.05, 0) is 42.8 Å². The molecule has 0 radical (unpaired) electrons. The van der Waals surface area contributed by atoms with Crippen LogP contribution in [0.5, 0.6) is 0 Å². The van der Waals surface area contributed by atoms with Gasteiger partial charge in [-0.25, -0.2) is 0 Å². The number of nitrogens with zero attached hydrogens (tertiary/aromatic N) is 1. The third-order valence-corrected chi connectivity index (χ3v) is 4.29. The van der Waals surface area contributed by atoms with Crippen molar-refractivity contribution in [1.82, 2.24) is 0 Å². The van der Waals surface area contributed by atoms with Crippen LogP contribution in [0.1, 0.15) is 12.0 Å². The van der Waals surface area contributed by atoms with Gasteiger partial charge < -0.3 is 10.2 Å². The van der Waals surface area contributed by atoms with Gasteiger partial charge in [-0.1, -0.05) is 29.8 Å². The van der Waals surface area contributed by atoms with Gasteiger partial charge in [0.1, 0.15) is 0 Å². The summed E-state index contributed by atoms with van der Waals surface area (Å²) < 4.78 is 0. The summed E-state index contributed by atoms with van der Waals surface area (Å²) in [5, 5.41) is 3.53. The summed E-state index contributed by atoms with van der Waals surface area (Å²) in [6, 6.07) is 14.7. The second-order valence-corrected chi connectivity index (χ2v) is 6.12. The highest BCUT2D eigenvalue weighted by Gasteiger charge is 2.35. The number of carbonyl (C=O) groups excluding carboxylic acids is 2. The Hall–Kier alpha value is -2.33. The first-order valence-corrected chi connectivity index (χ1v) is 7.85. The zero-order chi connectivity index (χ0) is 16.4. The summed E-state index contributed by atoms with van der Waals surface area (Å²) in [7, 11) is 0. The minimum Gasteiger partial charge on any atom is -0.326 e. The van der Waals surface area contributed by atoms with E-state index in [0.29, 0.717) is 11.6 Å². The SMILES string of the molecule is Cc1ccccc1NC(=O)[C@H]1CC(=O)N(c2ccc(Cl)cc2)C1. The van der Waals surface area contributed by atoms with Crippen LogP contribution in [0, 0.1) is 12.8 Å². The molecule has 0 saturated carbocycles. The molecule has 0 aromatic heterocycles. The maximum Gasteiger partial charge on any atom is 0.229 e. The quantitative estimate of drug-likeness (QED) is 0.935. The first-order chi connectivity index (χ1) is 11.0. The Morgan fingerprint density at radius 3 is 2.57 bits per heavy atom. The minimum absolute atomic E-state index is 0.0442. The van der Waals surface area contributed by atoms with Crippen molar-refractivity contribution in [2.45, 2.75) is 13.3 Å². The molecule has 0 spiro atoms. The Bertz CT molecular complexity index is 743. The van der Waals surface area contributed by atoms with E-state index in [-0.39, 0.29) is 24.2 Å². The van der Waals surface area contributed by atoms with Gasteiger partial charge >= 0.3 is 0 Å². The van der Waals surface area contributed by atoms with Crippen molar-refractivity contribution in [2.24, 2.45) is 5.92 Å². The molecular weight excluding hydrogens is 312 g/mol. The summed E-state index contributed by atoms with van der Waals surface area (Å²) in [6.07, 6.45) is 0.223. The predicted molar refractivity (Wildman–Crippen MR) is 91.7 cm³/mol. The third kappa shape index (κ3) is 3.37. The Morgan fingerprint density at radius 2 is 1.87 bits per heavy atom. The summed E-state index contributed by atoms with van der Waals surface area (Å²) in [4.78, 5) is 26.3. The maximum absolute atomic E-state index is 12.4. The van der Waals surface area contributed by atoms with E-state index in [1.165, 1.54) is 0 Å². The van der Waals surface area contributed by atoms with Crippen molar-refractivity contribution in [2.75, 3.05) is 16.8 Å². The lowest BCUT2D eigenvalue weighted by Gasteiger charge is -2.17. The van der Waals surface area contributed by atoms with E-state index in [0.717, 1.165) is 16.9 Å². The fourth-order valence-electron chi connectivity index (χ4n) is 2.70. The van der Waals surface area contributed by atoms with Crippen molar-refractivity contribution in [3.8, 4) is 0 Å². The van der Waals surface area contributed by atoms with Crippen LogP contribution in [0.2, 0.25) is 5.02 Å². The summed E-state index contributed by atoms with van der Waals surface area (Å²) in [5.41, 5.74) is 2.56. The number of hydrogen-bond donors (Lipinski definition) is 1. The molecule has 2 aromatic carbocycles. The zero-order valence-corrected chi connectivity index (χ0v) is 13.5. The molecule has 0 bridgehead atoms. The molecule has 0 unspecified atom stereocenters. The van der Waals surface area contributed by atoms with Crippen molar-refractivity contribution >= 4 is 34.8 Å². The number of nitrogens with one attached hydrogen (secondary N) is 1. The number of amides is 2. The van der Waals surface area contributed by atoms with Crippen LogP contribution in [-0.2, 0) is 9.59 Å². The molecule has 1 heterocycles. The molecule has 0 aliphatic carbocycles. The molecule has 5 heteroatoms. The van der Waals surface area contributed by atoms with Crippen LogP contribution in [0.15, 0.2) is 48.5 Å². The van der Waals surface area contributed by atoms with Crippen LogP contribution in [0.4, 0.5) is 11.4 Å². The molecule has 1 aliphatic rings. The predicted octanol–water partition coefficient (Wildman–Crippen LogP) is 3.64. The molecule has 2 aromatic rings. The molecule has 23 heavy (non-hydrogen) atoms. The molecule has 3 rings (SSSR count). The fourth-order valence-corrected chi connectivity index (χ4v) is 2.83. The van der Waals surface area contributed by atoms with Crippen LogP contribution in [0.25, 0.3) is 0 Å². The Balaban J connectivity index is 1.71. The van der Waals surface area contributed by atoms with Gasteiger partial charge in [0.2, 0.25) is 11.8 Å². The van der Waals surface area contributed by atoms with Gasteiger partial charge in [0.05, 0.1) is 5.92 Å². The molecule has 1 N–H and O–H groups in total. The first-order valence-electron chi connectivity index (χ1n) is 7.47. The zero-order valence-electron chi connectivity index (χ0n) is 12.8. The van der Waals surface area contributed by atoms with E-state index >= 15 is 0 Å². The van der Waals surface area contributed by atoms with Crippen LogP contribution >= 0.6 is 11.6 Å². The van der Waals surface area contributed by atoms with Gasteiger partial charge in [0, 0.05) is 29.4 Å². The summed E-state index contributed by atoms with van der Waals surface area (Å²) >= 11 is 5.87. The Morgan fingerprint density at radius 1 is 1.17 bits per heavy atom. The van der Waals surface area contributed by atoms with Crippen LogP contribution in [0.3, 0.4) is 0 Å². The number of para-hydroxylation sites is 1. The van der Waals surface area contributed by atoms with Crippen molar-refractivity contribution in [3.05, 3.63) is 59.1 Å². The fraction of sp³-hybridized carbons (Fsp3) is 0.222. The van der Waals surface area contributed by atoms with E-state index < -0.39 is 0 Å². The largest absolute Gasteiger partial charge is 0.326 e. The molecule has 1 saturated heterocycles. The second kappa shape index (κ2) is 6.42. The average Bonchev–Trinajstić information content (AvgIpc) is 2.92. The maximum atomic E-state index is 12.4. The van der Waals surface area contributed by atoms with Gasteiger partial charge in [-0.15, -0.1) is 0 Å². The average molecular weight is 329 g/mol. The van der Waals surface area contributed by atoms with Crippen molar-refractivity contribution in [3.63, 3.8) is 0 Å². The number of benzene rings is 2. The van der Waals surface area contributed by atoms with Gasteiger partial charge in [-0.2, -0.15) is 0 Å². The highest BCUT2D eigenvalue weighted by molar-refractivity contribution is 6.30. The minimum atomic E-state index is -0.349. The highest BCUT2D eigenvalue weighted by atomic mass is 35.5. The van der Waals surface area contributed by atoms with Gasteiger partial charge in [-0.3, -0.25) is 9.59 Å². The number of halogens is 1. The van der Waals surface area contributed by atoms with Crippen molar-refractivity contribution < 1.29 is 9.59 Å². The lowest BCUT2D eigenvalue weighted by atomic mass is 10.1. The summed E-state index contributed by atoms with van der Waals surface area (Å²) in [6.45, 7) is 2.33.